The molecule has 0 amide bonds. The molecule has 0 spiro atoms. The maximum absolute atomic E-state index is 12.7. The molecule has 0 aromatic carbocycles. The Bertz CT molecular complexity index is 839. The van der Waals surface area contributed by atoms with Crippen LogP contribution >= 0.6 is 0 Å². The van der Waals surface area contributed by atoms with Crippen molar-refractivity contribution in [3.05, 3.63) is 0 Å². The Hall–Kier alpha value is -1.59. The van der Waals surface area contributed by atoms with Crippen LogP contribution in [0.25, 0.3) is 0 Å². The van der Waals surface area contributed by atoms with Gasteiger partial charge in [0.25, 0.3) is 0 Å². The van der Waals surface area contributed by atoms with Crippen molar-refractivity contribution in [3.8, 4) is 0 Å². The number of unbranched alkanes of at least 4 members (excludes halogenated alkanes) is 28. The van der Waals surface area contributed by atoms with E-state index in [1.165, 1.54) is 154 Å². The van der Waals surface area contributed by atoms with E-state index in [1.54, 1.807) is 0 Å². The summed E-state index contributed by atoms with van der Waals surface area (Å²) in [5.41, 5.74) is 0. The molecule has 0 radical (unpaired) electrons. The van der Waals surface area contributed by atoms with Gasteiger partial charge in [-0.3, -0.25) is 14.4 Å². The SMILES string of the molecule is CCCCCCCCCCCCCC(=O)O[C@@H](COC(=O)CCCCCCCCCCCCCCCC(C)C)COC(=O)CCCCCCCCCC(C)C. The standard InChI is InChI=1S/C49H94O6/c1-6-7-8-9-10-11-15-20-25-31-36-41-49(52)55-46(43-54-48(51)40-35-30-26-21-23-28-33-38-45(4)5)42-53-47(50)39-34-29-24-19-17-14-12-13-16-18-22-27-32-37-44(2)3/h44-46H,6-43H2,1-5H3/t46-/m0/s1. The lowest BCUT2D eigenvalue weighted by molar-refractivity contribution is -0.167. The van der Waals surface area contributed by atoms with Gasteiger partial charge < -0.3 is 14.2 Å². The molecular formula is C49H94O6. The van der Waals surface area contributed by atoms with Crippen LogP contribution in [0.3, 0.4) is 0 Å². The van der Waals surface area contributed by atoms with Crippen LogP contribution in [0, 0.1) is 11.8 Å². The quantitative estimate of drug-likeness (QED) is 0.0348. The van der Waals surface area contributed by atoms with Crippen LogP contribution in [0.2, 0.25) is 0 Å². The molecule has 0 saturated heterocycles. The largest absolute Gasteiger partial charge is 0.462 e. The van der Waals surface area contributed by atoms with Gasteiger partial charge in [0.1, 0.15) is 13.2 Å². The number of rotatable bonds is 43. The maximum atomic E-state index is 12.7. The average Bonchev–Trinajstić information content (AvgIpc) is 3.15. The molecule has 0 aromatic rings. The highest BCUT2D eigenvalue weighted by Gasteiger charge is 2.19. The zero-order valence-corrected chi connectivity index (χ0v) is 37.6. The van der Waals surface area contributed by atoms with Crippen LogP contribution in [0.4, 0.5) is 0 Å². The van der Waals surface area contributed by atoms with Gasteiger partial charge in [-0.05, 0) is 31.1 Å². The summed E-state index contributed by atoms with van der Waals surface area (Å²) in [6.45, 7) is 11.3. The van der Waals surface area contributed by atoms with Gasteiger partial charge in [0.05, 0.1) is 0 Å². The summed E-state index contributed by atoms with van der Waals surface area (Å²) in [6, 6.07) is 0. The smallest absolute Gasteiger partial charge is 0.306 e. The highest BCUT2D eigenvalue weighted by Crippen LogP contribution is 2.17. The van der Waals surface area contributed by atoms with Crippen molar-refractivity contribution in [2.45, 2.75) is 272 Å². The predicted octanol–water partition coefficient (Wildman–Crippen LogP) is 15.4. The van der Waals surface area contributed by atoms with Crippen molar-refractivity contribution in [3.63, 3.8) is 0 Å². The Morgan fingerprint density at radius 3 is 0.891 bits per heavy atom. The topological polar surface area (TPSA) is 78.9 Å². The first-order valence-corrected chi connectivity index (χ1v) is 24.2. The molecule has 0 fully saturated rings. The van der Waals surface area contributed by atoms with Crippen molar-refractivity contribution in [1.82, 2.24) is 0 Å². The molecule has 0 saturated carbocycles. The second kappa shape index (κ2) is 42.0. The van der Waals surface area contributed by atoms with E-state index >= 15 is 0 Å². The highest BCUT2D eigenvalue weighted by molar-refractivity contribution is 5.71. The normalized spacial score (nSPS) is 12.1. The number of carbonyl (C=O) groups is 3. The first-order valence-electron chi connectivity index (χ1n) is 24.2. The minimum atomic E-state index is -0.760. The van der Waals surface area contributed by atoms with Crippen LogP contribution in [-0.4, -0.2) is 37.2 Å². The second-order valence-corrected chi connectivity index (χ2v) is 17.7. The number of hydrogen-bond acceptors (Lipinski definition) is 6. The van der Waals surface area contributed by atoms with Crippen LogP contribution in [0.1, 0.15) is 266 Å². The molecule has 0 aromatic heterocycles. The van der Waals surface area contributed by atoms with Crippen molar-refractivity contribution >= 4 is 17.9 Å². The van der Waals surface area contributed by atoms with Gasteiger partial charge in [-0.1, -0.05) is 227 Å². The van der Waals surface area contributed by atoms with Gasteiger partial charge in [-0.2, -0.15) is 0 Å². The first-order chi connectivity index (χ1) is 26.7. The Labute approximate surface area is 342 Å². The van der Waals surface area contributed by atoms with Crippen molar-refractivity contribution in [1.29, 1.82) is 0 Å². The van der Waals surface area contributed by atoms with Crippen molar-refractivity contribution < 1.29 is 28.6 Å². The molecule has 0 aliphatic heterocycles. The van der Waals surface area contributed by atoms with E-state index in [4.69, 9.17) is 14.2 Å². The second-order valence-electron chi connectivity index (χ2n) is 17.7. The Morgan fingerprint density at radius 2 is 0.600 bits per heavy atom. The maximum Gasteiger partial charge on any atom is 0.306 e. The number of esters is 3. The summed E-state index contributed by atoms with van der Waals surface area (Å²) in [6.07, 6.45) is 40.9. The van der Waals surface area contributed by atoms with Crippen LogP contribution in [0.5, 0.6) is 0 Å². The van der Waals surface area contributed by atoms with Gasteiger partial charge in [-0.25, -0.2) is 0 Å². The molecule has 0 unspecified atom stereocenters. The van der Waals surface area contributed by atoms with Crippen molar-refractivity contribution in [2.75, 3.05) is 13.2 Å². The molecule has 326 valence electrons. The van der Waals surface area contributed by atoms with Crippen LogP contribution in [-0.2, 0) is 28.6 Å². The summed E-state index contributed by atoms with van der Waals surface area (Å²) in [4.78, 5) is 37.8. The minimum absolute atomic E-state index is 0.0646. The summed E-state index contributed by atoms with van der Waals surface area (Å²) in [5.74, 6) is 0.765. The van der Waals surface area contributed by atoms with Gasteiger partial charge >= 0.3 is 17.9 Å². The number of carbonyl (C=O) groups excluding carboxylic acids is 3. The summed E-state index contributed by atoms with van der Waals surface area (Å²) in [5, 5.41) is 0. The fourth-order valence-electron chi connectivity index (χ4n) is 7.28. The fraction of sp³-hybridized carbons (Fsp3) is 0.939. The molecule has 1 atom stereocenters. The minimum Gasteiger partial charge on any atom is -0.462 e. The molecule has 0 aliphatic rings. The molecule has 0 heterocycles. The summed E-state index contributed by atoms with van der Waals surface area (Å²) < 4.78 is 16.7. The molecule has 6 heteroatoms. The zero-order chi connectivity index (χ0) is 40.5. The third-order valence-electron chi connectivity index (χ3n) is 11.0. The Balaban J connectivity index is 4.28. The molecule has 0 aliphatic carbocycles. The van der Waals surface area contributed by atoms with Gasteiger partial charge in [-0.15, -0.1) is 0 Å². The molecule has 6 nitrogen and oxygen atoms in total. The molecule has 0 N–H and O–H groups in total. The number of ether oxygens (including phenoxy) is 3. The van der Waals surface area contributed by atoms with Crippen LogP contribution in [0.15, 0.2) is 0 Å². The fourth-order valence-corrected chi connectivity index (χ4v) is 7.28. The van der Waals surface area contributed by atoms with Crippen molar-refractivity contribution in [2.24, 2.45) is 11.8 Å². The molecule has 55 heavy (non-hydrogen) atoms. The monoisotopic (exact) mass is 779 g/mol. The van der Waals surface area contributed by atoms with E-state index in [9.17, 15) is 14.4 Å². The molecule has 0 bridgehead atoms. The first kappa shape index (κ1) is 53.4. The van der Waals surface area contributed by atoms with Gasteiger partial charge in [0.15, 0.2) is 6.10 Å². The van der Waals surface area contributed by atoms with E-state index in [1.807, 2.05) is 0 Å². The van der Waals surface area contributed by atoms with Gasteiger partial charge in [0, 0.05) is 19.3 Å². The lowest BCUT2D eigenvalue weighted by atomic mass is 10.0. The van der Waals surface area contributed by atoms with Crippen LogP contribution < -0.4 is 0 Å². The lowest BCUT2D eigenvalue weighted by Gasteiger charge is -2.18. The predicted molar refractivity (Wildman–Crippen MR) is 233 cm³/mol. The number of hydrogen-bond donors (Lipinski definition) is 0. The lowest BCUT2D eigenvalue weighted by Crippen LogP contribution is -2.30. The van der Waals surface area contributed by atoms with E-state index in [0.29, 0.717) is 19.3 Å². The zero-order valence-electron chi connectivity index (χ0n) is 37.6. The third kappa shape index (κ3) is 43.4. The van der Waals surface area contributed by atoms with Gasteiger partial charge in [0.2, 0.25) is 0 Å². The van der Waals surface area contributed by atoms with E-state index < -0.39 is 6.10 Å². The Kier molecular flexibility index (Phi) is 40.8. The van der Waals surface area contributed by atoms with E-state index in [2.05, 4.69) is 34.6 Å². The summed E-state index contributed by atoms with van der Waals surface area (Å²) >= 11 is 0. The third-order valence-corrected chi connectivity index (χ3v) is 11.0. The summed E-state index contributed by atoms with van der Waals surface area (Å²) in [7, 11) is 0. The molecule has 0 rings (SSSR count). The van der Waals surface area contributed by atoms with E-state index in [-0.39, 0.29) is 31.1 Å². The highest BCUT2D eigenvalue weighted by atomic mass is 16.6. The average molecular weight is 779 g/mol. The van der Waals surface area contributed by atoms with E-state index in [0.717, 1.165) is 69.6 Å². The molecular weight excluding hydrogens is 685 g/mol. The Morgan fingerprint density at radius 1 is 0.345 bits per heavy atom.